The Morgan fingerprint density at radius 2 is 1.44 bits per heavy atom. The largest absolute Gasteiger partial charge is 0.491 e. The van der Waals surface area contributed by atoms with Gasteiger partial charge in [-0.3, -0.25) is 9.59 Å². The summed E-state index contributed by atoms with van der Waals surface area (Å²) in [4.78, 5) is 47.0. The normalized spacial score (nSPS) is 12.9. The van der Waals surface area contributed by atoms with E-state index in [2.05, 4.69) is 22.9 Å². The predicted octanol–water partition coefficient (Wildman–Crippen LogP) is 2.93. The maximum absolute atomic E-state index is 12.8. The van der Waals surface area contributed by atoms with Gasteiger partial charge in [0.2, 0.25) is 5.91 Å². The van der Waals surface area contributed by atoms with E-state index < -0.39 is 29.5 Å². The van der Waals surface area contributed by atoms with Gasteiger partial charge in [-0.2, -0.15) is 0 Å². The number of carboxylic acids is 1. The van der Waals surface area contributed by atoms with Crippen molar-refractivity contribution in [2.75, 3.05) is 79.1 Å². The number of hydrogen-bond acceptors (Lipinski definition) is 11. The summed E-state index contributed by atoms with van der Waals surface area (Å²) >= 11 is 0. The fourth-order valence-electron chi connectivity index (χ4n) is 5.56. The molecule has 2 atom stereocenters. The predicted molar refractivity (Wildman–Crippen MR) is 204 cm³/mol. The third-order valence-electron chi connectivity index (χ3n) is 8.26. The summed E-state index contributed by atoms with van der Waals surface area (Å²) in [5, 5.41) is 19.6. The summed E-state index contributed by atoms with van der Waals surface area (Å²) < 4.78 is 28.1. The van der Waals surface area contributed by atoms with Crippen LogP contribution in [0.5, 0.6) is 5.75 Å². The highest BCUT2D eigenvalue weighted by Gasteiger charge is 2.24. The molecule has 3 aromatic carbocycles. The molecule has 3 aromatic rings. The third-order valence-corrected chi connectivity index (χ3v) is 8.26. The van der Waals surface area contributed by atoms with E-state index in [-0.39, 0.29) is 32.5 Å². The molecule has 0 aliphatic heterocycles. The number of carbonyl (C=O) groups excluding carboxylic acids is 3. The number of aliphatic carboxylic acids is 1. The summed E-state index contributed by atoms with van der Waals surface area (Å²) in [6.07, 6.45) is 1.93. The van der Waals surface area contributed by atoms with Gasteiger partial charge in [0.15, 0.2) is 0 Å². The molecular weight excluding hydrogens is 698 g/mol. The lowest BCUT2D eigenvalue weighted by molar-refractivity contribution is -0.137. The highest BCUT2D eigenvalue weighted by atomic mass is 16.6. The van der Waals surface area contributed by atoms with E-state index in [9.17, 15) is 24.3 Å². The number of amides is 3. The number of carboxylic acid groups (broad SMARTS) is 1. The minimum atomic E-state index is -1.26. The molecule has 3 amide bonds. The molecule has 8 N–H and O–H groups in total. The molecule has 0 aliphatic carbocycles. The van der Waals surface area contributed by atoms with Crippen LogP contribution in [0.4, 0.5) is 4.79 Å². The number of aldehydes is 1. The molecule has 0 saturated carbocycles. The summed E-state index contributed by atoms with van der Waals surface area (Å²) in [6, 6.07) is 17.7. The molecule has 54 heavy (non-hydrogen) atoms. The van der Waals surface area contributed by atoms with Crippen molar-refractivity contribution in [2.24, 2.45) is 11.5 Å². The van der Waals surface area contributed by atoms with E-state index in [0.717, 1.165) is 40.7 Å². The lowest BCUT2D eigenvalue weighted by Crippen LogP contribution is -2.52. The van der Waals surface area contributed by atoms with Crippen molar-refractivity contribution in [3.63, 3.8) is 0 Å². The van der Waals surface area contributed by atoms with E-state index in [1.165, 1.54) is 0 Å². The molecular formula is C39H55N5O10. The van der Waals surface area contributed by atoms with Crippen LogP contribution in [0, 0.1) is 0 Å². The quantitative estimate of drug-likeness (QED) is 0.0445. The SMILES string of the molecule is CCCOCCOCCOCCOCCOc1ccc(-c2ccc(C(CC(=O)O)NC(=O)CNCC(N)(C=O)CCCNC(N)=O)cc2)c2ccccc12. The van der Waals surface area contributed by atoms with Gasteiger partial charge in [0.1, 0.15) is 18.6 Å². The second-order valence-corrected chi connectivity index (χ2v) is 12.6. The van der Waals surface area contributed by atoms with Crippen LogP contribution in [-0.2, 0) is 33.3 Å². The number of carbonyl (C=O) groups is 4. The number of hydrogen-bond donors (Lipinski definition) is 6. The zero-order valence-electron chi connectivity index (χ0n) is 31.0. The number of urea groups is 1. The first-order valence-corrected chi connectivity index (χ1v) is 18.2. The van der Waals surface area contributed by atoms with E-state index in [0.29, 0.717) is 71.1 Å². The summed E-state index contributed by atoms with van der Waals surface area (Å²) in [5.41, 5.74) is 12.4. The lowest BCUT2D eigenvalue weighted by Gasteiger charge is -2.24. The fraction of sp³-hybridized carbons (Fsp3) is 0.487. The second-order valence-electron chi connectivity index (χ2n) is 12.6. The zero-order valence-corrected chi connectivity index (χ0v) is 31.0. The molecule has 15 heteroatoms. The Hall–Kier alpha value is -4.64. The Morgan fingerprint density at radius 1 is 0.833 bits per heavy atom. The molecule has 2 unspecified atom stereocenters. The first-order chi connectivity index (χ1) is 26.2. The number of primary amides is 1. The monoisotopic (exact) mass is 753 g/mol. The highest BCUT2D eigenvalue weighted by molar-refractivity contribution is 6.00. The van der Waals surface area contributed by atoms with Crippen molar-refractivity contribution in [3.8, 4) is 16.9 Å². The molecule has 0 radical (unpaired) electrons. The number of fused-ring (bicyclic) bond motifs is 1. The van der Waals surface area contributed by atoms with Crippen molar-refractivity contribution < 1.29 is 48.0 Å². The standard InChI is InChI=1S/C39H55N5O10/c1-2-16-50-17-18-51-19-20-52-21-22-53-23-24-54-35-13-12-31(32-6-3-4-7-33(32)35)29-8-10-30(11-9-29)34(25-37(47)48)44-36(46)26-42-27-39(41,28-45)14-5-15-43-38(40)49/h3-4,6-13,28,34,42H,2,5,14-27,41H2,1H3,(H,44,46)(H,47,48)(H3,40,43,49). The molecule has 0 bridgehead atoms. The van der Waals surface area contributed by atoms with Crippen molar-refractivity contribution in [1.29, 1.82) is 0 Å². The number of benzene rings is 3. The molecule has 0 fully saturated rings. The van der Waals surface area contributed by atoms with Crippen molar-refractivity contribution in [1.82, 2.24) is 16.0 Å². The van der Waals surface area contributed by atoms with E-state index in [1.54, 1.807) is 12.1 Å². The molecule has 0 aromatic heterocycles. The third kappa shape index (κ3) is 16.2. The molecule has 0 saturated heterocycles. The van der Waals surface area contributed by atoms with Crippen LogP contribution in [0.25, 0.3) is 21.9 Å². The van der Waals surface area contributed by atoms with Gasteiger partial charge in [0, 0.05) is 25.1 Å². The van der Waals surface area contributed by atoms with Crippen LogP contribution in [0.1, 0.15) is 44.2 Å². The van der Waals surface area contributed by atoms with Crippen molar-refractivity contribution in [2.45, 2.75) is 44.2 Å². The molecule has 296 valence electrons. The molecule has 3 rings (SSSR count). The number of nitrogens with two attached hydrogens (primary N) is 2. The molecule has 0 heterocycles. The van der Waals surface area contributed by atoms with Crippen LogP contribution in [-0.4, -0.2) is 114 Å². The van der Waals surface area contributed by atoms with Gasteiger partial charge in [-0.25, -0.2) is 4.79 Å². The molecule has 0 spiro atoms. The van der Waals surface area contributed by atoms with E-state index in [4.69, 9.17) is 35.2 Å². The van der Waals surface area contributed by atoms with Crippen LogP contribution >= 0.6 is 0 Å². The van der Waals surface area contributed by atoms with Crippen LogP contribution in [0.3, 0.4) is 0 Å². The van der Waals surface area contributed by atoms with Gasteiger partial charge in [0.25, 0.3) is 0 Å². The molecule has 15 nitrogen and oxygen atoms in total. The average molecular weight is 754 g/mol. The average Bonchev–Trinajstić information content (AvgIpc) is 3.16. The Labute approximate surface area is 316 Å². The van der Waals surface area contributed by atoms with Crippen LogP contribution < -0.4 is 32.2 Å². The van der Waals surface area contributed by atoms with Gasteiger partial charge < -0.3 is 61.0 Å². The van der Waals surface area contributed by atoms with Gasteiger partial charge in [-0.1, -0.05) is 61.5 Å². The maximum Gasteiger partial charge on any atom is 0.312 e. The van der Waals surface area contributed by atoms with E-state index in [1.807, 2.05) is 48.5 Å². The first-order valence-electron chi connectivity index (χ1n) is 18.2. The minimum absolute atomic E-state index is 0.00690. The Balaban J connectivity index is 1.50. The summed E-state index contributed by atoms with van der Waals surface area (Å²) in [6.45, 7) is 6.73. The van der Waals surface area contributed by atoms with Gasteiger partial charge in [-0.15, -0.1) is 0 Å². The van der Waals surface area contributed by atoms with Crippen LogP contribution in [0.15, 0.2) is 60.7 Å². The molecule has 0 aliphatic rings. The lowest BCUT2D eigenvalue weighted by atomic mass is 9.95. The second kappa shape index (κ2) is 24.6. The highest BCUT2D eigenvalue weighted by Crippen LogP contribution is 2.35. The summed E-state index contributed by atoms with van der Waals surface area (Å²) in [7, 11) is 0. The van der Waals surface area contributed by atoms with E-state index >= 15 is 0 Å². The van der Waals surface area contributed by atoms with Gasteiger partial charge in [0.05, 0.1) is 70.8 Å². The summed E-state index contributed by atoms with van der Waals surface area (Å²) in [5.74, 6) is -0.808. The van der Waals surface area contributed by atoms with Crippen LogP contribution in [0.2, 0.25) is 0 Å². The topological polar surface area (TPSA) is 223 Å². The first kappa shape index (κ1) is 43.8. The van der Waals surface area contributed by atoms with Gasteiger partial charge in [-0.05, 0) is 47.4 Å². The van der Waals surface area contributed by atoms with Crippen molar-refractivity contribution >= 4 is 35.0 Å². The number of ether oxygens (including phenoxy) is 5. The fourth-order valence-corrected chi connectivity index (χ4v) is 5.56. The number of rotatable bonds is 29. The smallest absolute Gasteiger partial charge is 0.312 e. The van der Waals surface area contributed by atoms with Crippen molar-refractivity contribution in [3.05, 3.63) is 66.2 Å². The number of nitrogens with one attached hydrogen (secondary N) is 3. The Kier molecular flexibility index (Phi) is 20.0. The zero-order chi connectivity index (χ0) is 39.0. The van der Waals surface area contributed by atoms with Gasteiger partial charge >= 0.3 is 12.0 Å². The maximum atomic E-state index is 12.8. The Bertz CT molecular complexity index is 1590. The Morgan fingerprint density at radius 3 is 2.04 bits per heavy atom. The minimum Gasteiger partial charge on any atom is -0.491 e.